The molecule has 0 fully saturated rings. The van der Waals surface area contributed by atoms with E-state index in [-0.39, 0.29) is 5.54 Å². The lowest BCUT2D eigenvalue weighted by atomic mass is 10.1. The third-order valence-corrected chi connectivity index (χ3v) is 2.92. The van der Waals surface area contributed by atoms with Gasteiger partial charge in [-0.15, -0.1) is 0 Å². The molecule has 0 aliphatic carbocycles. The van der Waals surface area contributed by atoms with Gasteiger partial charge in [-0.2, -0.15) is 4.98 Å². The van der Waals surface area contributed by atoms with Crippen molar-refractivity contribution < 1.29 is 4.52 Å². The van der Waals surface area contributed by atoms with Crippen molar-refractivity contribution in [2.45, 2.75) is 40.2 Å². The van der Waals surface area contributed by atoms with Gasteiger partial charge in [0.05, 0.1) is 5.54 Å². The van der Waals surface area contributed by atoms with Gasteiger partial charge < -0.3 is 9.84 Å². The van der Waals surface area contributed by atoms with Crippen LogP contribution in [0.25, 0.3) is 11.4 Å². The lowest BCUT2D eigenvalue weighted by Crippen LogP contribution is -2.36. The molecule has 0 saturated carbocycles. The highest BCUT2D eigenvalue weighted by Crippen LogP contribution is 2.23. The van der Waals surface area contributed by atoms with E-state index in [2.05, 4.69) is 27.4 Å². The van der Waals surface area contributed by atoms with Crippen molar-refractivity contribution in [3.63, 3.8) is 0 Å². The van der Waals surface area contributed by atoms with Gasteiger partial charge in [0.1, 0.15) is 0 Å². The van der Waals surface area contributed by atoms with E-state index in [1.54, 1.807) is 0 Å². The van der Waals surface area contributed by atoms with Crippen molar-refractivity contribution in [1.29, 1.82) is 0 Å². The van der Waals surface area contributed by atoms with Crippen LogP contribution in [0.1, 0.15) is 38.0 Å². The maximum absolute atomic E-state index is 5.37. The fourth-order valence-electron chi connectivity index (χ4n) is 2.08. The fourth-order valence-corrected chi connectivity index (χ4v) is 2.08. The fraction of sp³-hybridized carbons (Fsp3) is 0.500. The highest BCUT2D eigenvalue weighted by Gasteiger charge is 2.26. The predicted octanol–water partition coefficient (Wildman–Crippen LogP) is 2.59. The van der Waals surface area contributed by atoms with Gasteiger partial charge in [-0.25, -0.2) is 0 Å². The molecule has 1 N–H and O–H groups in total. The second kappa shape index (κ2) is 5.09. The van der Waals surface area contributed by atoms with Crippen molar-refractivity contribution in [2.24, 2.45) is 0 Å². The van der Waals surface area contributed by atoms with Gasteiger partial charge in [0.25, 0.3) is 0 Å². The first-order chi connectivity index (χ1) is 8.92. The molecule has 102 valence electrons. The van der Waals surface area contributed by atoms with E-state index in [0.29, 0.717) is 11.7 Å². The number of nitrogens with zero attached hydrogens (tertiary/aromatic N) is 3. The van der Waals surface area contributed by atoms with E-state index in [1.807, 2.05) is 39.8 Å². The number of aryl methyl sites for hydroxylation is 2. The average Bonchev–Trinajstić information content (AvgIpc) is 2.77. The Kier molecular flexibility index (Phi) is 3.66. The van der Waals surface area contributed by atoms with Crippen LogP contribution in [-0.4, -0.2) is 21.7 Å². The Morgan fingerprint density at radius 1 is 1.16 bits per heavy atom. The number of aromatic nitrogens is 3. The molecule has 2 rings (SSSR count). The first-order valence-electron chi connectivity index (χ1n) is 6.47. The van der Waals surface area contributed by atoms with E-state index in [1.165, 1.54) is 0 Å². The summed E-state index contributed by atoms with van der Waals surface area (Å²) in [4.78, 5) is 8.83. The molecule has 0 radical (unpaired) electrons. The second-order valence-corrected chi connectivity index (χ2v) is 5.22. The molecule has 2 heterocycles. The van der Waals surface area contributed by atoms with Crippen LogP contribution in [0.2, 0.25) is 0 Å². The Balaban J connectivity index is 2.35. The van der Waals surface area contributed by atoms with Crippen LogP contribution in [0.3, 0.4) is 0 Å². The van der Waals surface area contributed by atoms with E-state index in [0.717, 1.165) is 23.5 Å². The Labute approximate surface area is 113 Å². The molecule has 2 aromatic heterocycles. The molecule has 2 aromatic rings. The summed E-state index contributed by atoms with van der Waals surface area (Å²) in [5, 5.41) is 7.38. The molecular formula is C14H20N4O. The molecule has 0 amide bonds. The smallest absolute Gasteiger partial charge is 0.246 e. The van der Waals surface area contributed by atoms with Gasteiger partial charge in [-0.05, 0) is 46.4 Å². The summed E-state index contributed by atoms with van der Waals surface area (Å²) in [5.41, 5.74) is 2.52. The highest BCUT2D eigenvalue weighted by atomic mass is 16.5. The van der Waals surface area contributed by atoms with Crippen molar-refractivity contribution >= 4 is 0 Å². The van der Waals surface area contributed by atoms with Crippen LogP contribution in [-0.2, 0) is 5.54 Å². The molecule has 0 aliphatic rings. The summed E-state index contributed by atoms with van der Waals surface area (Å²) in [6.45, 7) is 10.9. The molecule has 0 aliphatic heterocycles. The largest absolute Gasteiger partial charge is 0.337 e. The third-order valence-electron chi connectivity index (χ3n) is 2.92. The molecule has 0 unspecified atom stereocenters. The zero-order chi connectivity index (χ0) is 14.0. The minimum absolute atomic E-state index is 0.322. The normalized spacial score (nSPS) is 11.8. The summed E-state index contributed by atoms with van der Waals surface area (Å²) < 4.78 is 5.37. The first-order valence-corrected chi connectivity index (χ1v) is 6.47. The number of nitrogens with one attached hydrogen (secondary N) is 1. The minimum Gasteiger partial charge on any atom is -0.337 e. The van der Waals surface area contributed by atoms with Crippen LogP contribution in [0.5, 0.6) is 0 Å². The topological polar surface area (TPSA) is 63.8 Å². The van der Waals surface area contributed by atoms with E-state index < -0.39 is 0 Å². The van der Waals surface area contributed by atoms with Crippen LogP contribution in [0.15, 0.2) is 16.7 Å². The van der Waals surface area contributed by atoms with Crippen LogP contribution >= 0.6 is 0 Å². The van der Waals surface area contributed by atoms with Gasteiger partial charge in [0.15, 0.2) is 0 Å². The zero-order valence-corrected chi connectivity index (χ0v) is 12.1. The standard InChI is InChI=1S/C14H20N4O/c1-6-15-14(4,5)13-17-12(18-19-13)11-7-9(2)16-10(3)8-11/h7-8,15H,6H2,1-5H3. The van der Waals surface area contributed by atoms with Gasteiger partial charge >= 0.3 is 0 Å². The van der Waals surface area contributed by atoms with E-state index in [4.69, 9.17) is 4.52 Å². The SMILES string of the molecule is CCNC(C)(C)c1nc(-c2cc(C)nc(C)c2)no1. The van der Waals surface area contributed by atoms with Crippen molar-refractivity contribution in [1.82, 2.24) is 20.4 Å². The molecule has 0 atom stereocenters. The number of rotatable bonds is 4. The molecule has 0 bridgehead atoms. The van der Waals surface area contributed by atoms with Crippen molar-refractivity contribution in [3.05, 3.63) is 29.4 Å². The molecule has 5 heteroatoms. The summed E-state index contributed by atoms with van der Waals surface area (Å²) in [6.07, 6.45) is 0. The van der Waals surface area contributed by atoms with Crippen molar-refractivity contribution in [2.75, 3.05) is 6.54 Å². The quantitative estimate of drug-likeness (QED) is 0.915. The molecule has 19 heavy (non-hydrogen) atoms. The highest BCUT2D eigenvalue weighted by molar-refractivity contribution is 5.55. The Bertz CT molecular complexity index is 554. The van der Waals surface area contributed by atoms with Gasteiger partial charge in [-0.1, -0.05) is 12.1 Å². The lowest BCUT2D eigenvalue weighted by Gasteiger charge is -2.20. The summed E-state index contributed by atoms with van der Waals surface area (Å²) in [5.74, 6) is 1.20. The number of pyridine rings is 1. The Hall–Kier alpha value is -1.75. The summed E-state index contributed by atoms with van der Waals surface area (Å²) in [7, 11) is 0. The monoisotopic (exact) mass is 260 g/mol. The summed E-state index contributed by atoms with van der Waals surface area (Å²) in [6, 6.07) is 3.92. The van der Waals surface area contributed by atoms with E-state index >= 15 is 0 Å². The minimum atomic E-state index is -0.322. The second-order valence-electron chi connectivity index (χ2n) is 5.22. The maximum atomic E-state index is 5.37. The Morgan fingerprint density at radius 2 is 1.79 bits per heavy atom. The zero-order valence-electron chi connectivity index (χ0n) is 12.1. The van der Waals surface area contributed by atoms with Crippen molar-refractivity contribution in [3.8, 4) is 11.4 Å². The number of hydrogen-bond acceptors (Lipinski definition) is 5. The maximum Gasteiger partial charge on any atom is 0.246 e. The Morgan fingerprint density at radius 3 is 2.37 bits per heavy atom. The first kappa shape index (κ1) is 13.7. The molecule has 0 saturated heterocycles. The van der Waals surface area contributed by atoms with Crippen LogP contribution in [0.4, 0.5) is 0 Å². The van der Waals surface area contributed by atoms with Gasteiger partial charge in [-0.3, -0.25) is 4.98 Å². The lowest BCUT2D eigenvalue weighted by molar-refractivity contribution is 0.272. The van der Waals surface area contributed by atoms with E-state index in [9.17, 15) is 0 Å². The molecule has 0 spiro atoms. The molecule has 0 aromatic carbocycles. The van der Waals surface area contributed by atoms with Crippen LogP contribution in [0, 0.1) is 13.8 Å². The molecular weight excluding hydrogens is 240 g/mol. The number of hydrogen-bond donors (Lipinski definition) is 1. The average molecular weight is 260 g/mol. The third kappa shape index (κ3) is 2.98. The van der Waals surface area contributed by atoms with Gasteiger partial charge in [0.2, 0.25) is 11.7 Å². The van der Waals surface area contributed by atoms with Crippen LogP contribution < -0.4 is 5.32 Å². The summed E-state index contributed by atoms with van der Waals surface area (Å²) >= 11 is 0. The predicted molar refractivity (Wildman–Crippen MR) is 73.7 cm³/mol. The van der Waals surface area contributed by atoms with Gasteiger partial charge in [0, 0.05) is 17.0 Å². The molecule has 5 nitrogen and oxygen atoms in total.